The van der Waals surface area contributed by atoms with E-state index in [1.54, 1.807) is 0 Å². The van der Waals surface area contributed by atoms with Crippen LogP contribution in [0.3, 0.4) is 0 Å². The van der Waals surface area contributed by atoms with Gasteiger partial charge < -0.3 is 15.6 Å². The van der Waals surface area contributed by atoms with Crippen molar-refractivity contribution in [3.8, 4) is 0 Å². The minimum atomic E-state index is -0.330. The van der Waals surface area contributed by atoms with E-state index in [9.17, 15) is 4.79 Å². The monoisotopic (exact) mass is 295 g/mol. The molecule has 0 unspecified atom stereocenters. The summed E-state index contributed by atoms with van der Waals surface area (Å²) in [5.41, 5.74) is 5.22. The van der Waals surface area contributed by atoms with Gasteiger partial charge in [-0.05, 0) is 25.9 Å². The third kappa shape index (κ3) is 4.50. The number of nitrogens with two attached hydrogens (primary N) is 1. The Labute approximate surface area is 125 Å². The second-order valence-corrected chi connectivity index (χ2v) is 6.61. The number of hydrogen-bond donors (Lipinski definition) is 2. The van der Waals surface area contributed by atoms with Crippen LogP contribution in [0.15, 0.2) is 4.52 Å². The standard InChI is InChI=1S/C14H25N5O2/c1-14(2,3)13-17-12(21-18-13)9-19(8-11(15)20)10-4-6-16-7-5-10/h10,16H,4-9H2,1-3H3,(H2,15,20). The van der Waals surface area contributed by atoms with E-state index >= 15 is 0 Å². The van der Waals surface area contributed by atoms with Crippen molar-refractivity contribution in [2.75, 3.05) is 19.6 Å². The average molecular weight is 295 g/mol. The molecule has 0 saturated carbocycles. The predicted octanol–water partition coefficient (Wildman–Crippen LogP) is 0.406. The number of aromatic nitrogens is 2. The number of carbonyl (C=O) groups excluding carboxylic acids is 1. The highest BCUT2D eigenvalue weighted by Crippen LogP contribution is 2.20. The molecule has 1 saturated heterocycles. The molecule has 0 radical (unpaired) electrons. The lowest BCUT2D eigenvalue weighted by Gasteiger charge is -2.32. The van der Waals surface area contributed by atoms with Gasteiger partial charge in [0.1, 0.15) is 0 Å². The summed E-state index contributed by atoms with van der Waals surface area (Å²) in [4.78, 5) is 17.8. The molecule has 0 aliphatic carbocycles. The Hall–Kier alpha value is -1.47. The number of amides is 1. The Morgan fingerprint density at radius 3 is 2.62 bits per heavy atom. The van der Waals surface area contributed by atoms with Gasteiger partial charge >= 0.3 is 0 Å². The third-order valence-electron chi connectivity index (χ3n) is 3.66. The summed E-state index contributed by atoms with van der Waals surface area (Å²) in [6, 6.07) is 0.323. The van der Waals surface area contributed by atoms with Crippen LogP contribution in [0.4, 0.5) is 0 Å². The van der Waals surface area contributed by atoms with Crippen molar-refractivity contribution in [2.24, 2.45) is 5.73 Å². The molecule has 1 aromatic heterocycles. The minimum absolute atomic E-state index is 0.148. The largest absolute Gasteiger partial charge is 0.369 e. The summed E-state index contributed by atoms with van der Waals surface area (Å²) in [6.45, 7) is 8.71. The van der Waals surface area contributed by atoms with Gasteiger partial charge in [-0.3, -0.25) is 9.69 Å². The molecule has 1 amide bonds. The molecule has 2 heterocycles. The molecule has 3 N–H and O–H groups in total. The summed E-state index contributed by atoms with van der Waals surface area (Å²) < 4.78 is 5.32. The minimum Gasteiger partial charge on any atom is -0.369 e. The maximum Gasteiger partial charge on any atom is 0.240 e. The van der Waals surface area contributed by atoms with E-state index in [2.05, 4.69) is 15.5 Å². The number of piperidine rings is 1. The Morgan fingerprint density at radius 1 is 1.43 bits per heavy atom. The van der Waals surface area contributed by atoms with E-state index in [1.807, 2.05) is 25.7 Å². The Bertz CT molecular complexity index is 474. The van der Waals surface area contributed by atoms with E-state index in [1.165, 1.54) is 0 Å². The normalized spacial score (nSPS) is 17.3. The first-order valence-electron chi connectivity index (χ1n) is 7.42. The van der Waals surface area contributed by atoms with Crippen LogP contribution in [-0.2, 0) is 16.8 Å². The van der Waals surface area contributed by atoms with Crippen molar-refractivity contribution in [1.29, 1.82) is 0 Å². The summed E-state index contributed by atoms with van der Waals surface area (Å²) in [5.74, 6) is 0.894. The molecule has 0 atom stereocenters. The number of rotatable bonds is 5. The molecule has 7 heteroatoms. The lowest BCUT2D eigenvalue weighted by Crippen LogP contribution is -2.46. The predicted molar refractivity (Wildman–Crippen MR) is 78.5 cm³/mol. The number of nitrogens with zero attached hydrogens (tertiary/aromatic N) is 3. The van der Waals surface area contributed by atoms with Gasteiger partial charge in [-0.1, -0.05) is 25.9 Å². The fourth-order valence-electron chi connectivity index (χ4n) is 2.48. The molecule has 118 valence electrons. The number of hydrogen-bond acceptors (Lipinski definition) is 6. The van der Waals surface area contributed by atoms with Gasteiger partial charge in [0.05, 0.1) is 13.1 Å². The molecule has 1 fully saturated rings. The zero-order valence-corrected chi connectivity index (χ0v) is 13.1. The maximum absolute atomic E-state index is 11.3. The van der Waals surface area contributed by atoms with Crippen LogP contribution in [0.5, 0.6) is 0 Å². The molecule has 0 bridgehead atoms. The van der Waals surface area contributed by atoms with Gasteiger partial charge in [0.2, 0.25) is 11.8 Å². The van der Waals surface area contributed by atoms with Crippen LogP contribution in [0.2, 0.25) is 0 Å². The number of carbonyl (C=O) groups is 1. The highest BCUT2D eigenvalue weighted by atomic mass is 16.5. The summed E-state index contributed by atoms with van der Waals surface area (Å²) in [7, 11) is 0. The van der Waals surface area contributed by atoms with Gasteiger partial charge in [-0.25, -0.2) is 0 Å². The van der Waals surface area contributed by atoms with Crippen LogP contribution in [-0.4, -0.2) is 46.6 Å². The Balaban J connectivity index is 2.07. The first-order chi connectivity index (χ1) is 9.86. The molecule has 2 rings (SSSR count). The molecule has 1 aromatic rings. The van der Waals surface area contributed by atoms with Crippen molar-refractivity contribution >= 4 is 5.91 Å². The zero-order chi connectivity index (χ0) is 15.5. The highest BCUT2D eigenvalue weighted by molar-refractivity contribution is 5.75. The molecule has 1 aliphatic heterocycles. The smallest absolute Gasteiger partial charge is 0.240 e. The Kier molecular flexibility index (Phi) is 4.95. The second-order valence-electron chi connectivity index (χ2n) is 6.61. The van der Waals surface area contributed by atoms with Crippen molar-refractivity contribution < 1.29 is 9.32 Å². The lowest BCUT2D eigenvalue weighted by atomic mass is 9.96. The third-order valence-corrected chi connectivity index (χ3v) is 3.66. The zero-order valence-electron chi connectivity index (χ0n) is 13.1. The molecule has 0 aromatic carbocycles. The van der Waals surface area contributed by atoms with Crippen molar-refractivity contribution in [3.63, 3.8) is 0 Å². The summed E-state index contributed by atoms with van der Waals surface area (Å²) in [5, 5.41) is 7.34. The molecule has 7 nitrogen and oxygen atoms in total. The van der Waals surface area contributed by atoms with E-state index < -0.39 is 0 Å². The molecule has 0 spiro atoms. The van der Waals surface area contributed by atoms with Gasteiger partial charge in [0.25, 0.3) is 0 Å². The van der Waals surface area contributed by atoms with Gasteiger partial charge in [0.15, 0.2) is 5.82 Å². The van der Waals surface area contributed by atoms with Crippen molar-refractivity contribution in [3.05, 3.63) is 11.7 Å². The van der Waals surface area contributed by atoms with E-state index in [0.717, 1.165) is 25.9 Å². The maximum atomic E-state index is 11.3. The van der Waals surface area contributed by atoms with Crippen molar-refractivity contribution in [1.82, 2.24) is 20.4 Å². The van der Waals surface area contributed by atoms with E-state index in [-0.39, 0.29) is 17.9 Å². The van der Waals surface area contributed by atoms with Crippen LogP contribution < -0.4 is 11.1 Å². The SMILES string of the molecule is CC(C)(C)c1noc(CN(CC(N)=O)C2CCNCC2)n1. The average Bonchev–Trinajstić information content (AvgIpc) is 2.87. The van der Waals surface area contributed by atoms with Crippen LogP contribution in [0, 0.1) is 0 Å². The highest BCUT2D eigenvalue weighted by Gasteiger charge is 2.26. The molecule has 1 aliphatic rings. The molecular weight excluding hydrogens is 270 g/mol. The lowest BCUT2D eigenvalue weighted by molar-refractivity contribution is -0.120. The van der Waals surface area contributed by atoms with E-state index in [4.69, 9.17) is 10.3 Å². The number of primary amides is 1. The van der Waals surface area contributed by atoms with Gasteiger partial charge in [-0.15, -0.1) is 0 Å². The van der Waals surface area contributed by atoms with Crippen LogP contribution in [0.1, 0.15) is 45.3 Å². The van der Waals surface area contributed by atoms with Gasteiger partial charge in [0, 0.05) is 11.5 Å². The molecular formula is C14H25N5O2. The first-order valence-corrected chi connectivity index (χ1v) is 7.42. The van der Waals surface area contributed by atoms with Gasteiger partial charge in [-0.2, -0.15) is 4.98 Å². The second kappa shape index (κ2) is 6.53. The summed E-state index contributed by atoms with van der Waals surface area (Å²) in [6.07, 6.45) is 1.99. The number of nitrogens with one attached hydrogen (secondary N) is 1. The fraction of sp³-hybridized carbons (Fsp3) is 0.786. The van der Waals surface area contributed by atoms with Crippen molar-refractivity contribution in [2.45, 2.75) is 51.6 Å². The first kappa shape index (κ1) is 15.9. The van der Waals surface area contributed by atoms with E-state index in [0.29, 0.717) is 24.3 Å². The van der Waals surface area contributed by atoms with Crippen LogP contribution >= 0.6 is 0 Å². The van der Waals surface area contributed by atoms with Crippen LogP contribution in [0.25, 0.3) is 0 Å². The Morgan fingerprint density at radius 2 is 2.10 bits per heavy atom. The topological polar surface area (TPSA) is 97.3 Å². The quantitative estimate of drug-likeness (QED) is 0.816. The summed E-state index contributed by atoms with van der Waals surface area (Å²) >= 11 is 0. The molecule has 21 heavy (non-hydrogen) atoms. The fourth-order valence-corrected chi connectivity index (χ4v) is 2.48.